The first-order valence-corrected chi connectivity index (χ1v) is 9.47. The number of nitrogens with zero attached hydrogens (tertiary/aromatic N) is 2. The van der Waals surface area contributed by atoms with Gasteiger partial charge in [-0.25, -0.2) is 0 Å². The van der Waals surface area contributed by atoms with Crippen LogP contribution in [0.25, 0.3) is 5.69 Å². The fourth-order valence-corrected chi connectivity index (χ4v) is 3.89. The Morgan fingerprint density at radius 3 is 2.50 bits per heavy atom. The van der Waals surface area contributed by atoms with E-state index in [4.69, 9.17) is 9.47 Å². The van der Waals surface area contributed by atoms with Crippen LogP contribution in [0, 0.1) is 0 Å². The van der Waals surface area contributed by atoms with Crippen LogP contribution in [0.3, 0.4) is 0 Å². The molecule has 0 N–H and O–H groups in total. The number of likely N-dealkylation sites (tertiary alicyclic amines) is 1. The van der Waals surface area contributed by atoms with Gasteiger partial charge in [-0.3, -0.25) is 4.79 Å². The third-order valence-corrected chi connectivity index (χ3v) is 5.30. The summed E-state index contributed by atoms with van der Waals surface area (Å²) in [4.78, 5) is 15.3. The van der Waals surface area contributed by atoms with Crippen molar-refractivity contribution in [1.82, 2.24) is 9.47 Å². The van der Waals surface area contributed by atoms with Crippen LogP contribution in [0.1, 0.15) is 34.8 Å². The molecule has 1 amide bonds. The van der Waals surface area contributed by atoms with E-state index in [2.05, 4.69) is 0 Å². The zero-order valence-corrected chi connectivity index (χ0v) is 16.2. The average molecular weight is 376 g/mol. The summed E-state index contributed by atoms with van der Waals surface area (Å²) in [7, 11) is 3.26. The standard InChI is InChI=1S/C23H24N2O3/c1-27-21-11-10-17(16-22(21)28-2)20-9-6-14-25(20)23(26)18-7-5-8-19(15-18)24-12-3-4-13-24/h3-5,7-8,10-13,15-16,20H,6,9,14H2,1-2H3. The number of benzene rings is 2. The molecule has 5 heteroatoms. The molecule has 2 heterocycles. The number of hydrogen-bond acceptors (Lipinski definition) is 3. The maximum Gasteiger partial charge on any atom is 0.254 e. The second-order valence-electron chi connectivity index (χ2n) is 6.91. The lowest BCUT2D eigenvalue weighted by atomic mass is 10.0. The highest BCUT2D eigenvalue weighted by Gasteiger charge is 2.31. The number of rotatable bonds is 5. The first-order chi connectivity index (χ1) is 13.7. The van der Waals surface area contributed by atoms with Crippen molar-refractivity contribution < 1.29 is 14.3 Å². The molecule has 4 rings (SSSR count). The van der Waals surface area contributed by atoms with Crippen molar-refractivity contribution in [2.45, 2.75) is 18.9 Å². The Bertz CT molecular complexity index is 966. The molecule has 0 spiro atoms. The molecule has 0 saturated carbocycles. The Balaban J connectivity index is 1.62. The highest BCUT2D eigenvalue weighted by Crippen LogP contribution is 2.37. The van der Waals surface area contributed by atoms with Crippen molar-refractivity contribution in [1.29, 1.82) is 0 Å². The monoisotopic (exact) mass is 376 g/mol. The summed E-state index contributed by atoms with van der Waals surface area (Å²) in [5, 5.41) is 0. The Morgan fingerprint density at radius 2 is 1.75 bits per heavy atom. The quantitative estimate of drug-likeness (QED) is 0.660. The minimum atomic E-state index is 0.0440. The van der Waals surface area contributed by atoms with Gasteiger partial charge in [0.2, 0.25) is 0 Å². The van der Waals surface area contributed by atoms with Crippen molar-refractivity contribution in [2.75, 3.05) is 20.8 Å². The minimum Gasteiger partial charge on any atom is -0.493 e. The van der Waals surface area contributed by atoms with Gasteiger partial charge < -0.3 is 18.9 Å². The fourth-order valence-electron chi connectivity index (χ4n) is 3.89. The highest BCUT2D eigenvalue weighted by atomic mass is 16.5. The van der Waals surface area contributed by atoms with E-state index in [-0.39, 0.29) is 11.9 Å². The predicted molar refractivity (Wildman–Crippen MR) is 108 cm³/mol. The molecule has 0 aliphatic carbocycles. The van der Waals surface area contributed by atoms with E-state index in [1.807, 2.05) is 76.5 Å². The van der Waals surface area contributed by atoms with Gasteiger partial charge in [-0.05, 0) is 60.9 Å². The second kappa shape index (κ2) is 7.80. The fraction of sp³-hybridized carbons (Fsp3) is 0.261. The Morgan fingerprint density at radius 1 is 0.964 bits per heavy atom. The molecule has 28 heavy (non-hydrogen) atoms. The predicted octanol–water partition coefficient (Wildman–Crippen LogP) is 4.47. The molecule has 1 saturated heterocycles. The van der Waals surface area contributed by atoms with E-state index in [1.165, 1.54) is 0 Å². The van der Waals surface area contributed by atoms with Crippen molar-refractivity contribution in [2.24, 2.45) is 0 Å². The van der Waals surface area contributed by atoms with Crippen LogP contribution in [-0.4, -0.2) is 36.1 Å². The molecule has 2 aromatic carbocycles. The molecule has 5 nitrogen and oxygen atoms in total. The van der Waals surface area contributed by atoms with Gasteiger partial charge in [0.25, 0.3) is 5.91 Å². The molecule has 3 aromatic rings. The molecule has 0 bridgehead atoms. The number of carbonyl (C=O) groups is 1. The van der Waals surface area contributed by atoms with E-state index in [1.54, 1.807) is 14.2 Å². The van der Waals surface area contributed by atoms with Crippen LogP contribution in [0.2, 0.25) is 0 Å². The van der Waals surface area contributed by atoms with Crippen LogP contribution < -0.4 is 9.47 Å². The van der Waals surface area contributed by atoms with E-state index in [0.29, 0.717) is 17.1 Å². The number of carbonyl (C=O) groups excluding carboxylic acids is 1. The maximum absolute atomic E-state index is 13.3. The lowest BCUT2D eigenvalue weighted by Gasteiger charge is -2.26. The number of aromatic nitrogens is 1. The van der Waals surface area contributed by atoms with Gasteiger partial charge in [0.05, 0.1) is 20.3 Å². The number of methoxy groups -OCH3 is 2. The van der Waals surface area contributed by atoms with Crippen LogP contribution >= 0.6 is 0 Å². The lowest BCUT2D eigenvalue weighted by molar-refractivity contribution is 0.0735. The zero-order valence-electron chi connectivity index (χ0n) is 16.2. The van der Waals surface area contributed by atoms with Gasteiger partial charge in [-0.15, -0.1) is 0 Å². The Kier molecular flexibility index (Phi) is 5.06. The Hall–Kier alpha value is -3.21. The highest BCUT2D eigenvalue weighted by molar-refractivity contribution is 5.95. The number of ether oxygens (including phenoxy) is 2. The van der Waals surface area contributed by atoms with E-state index in [0.717, 1.165) is 30.6 Å². The lowest BCUT2D eigenvalue weighted by Crippen LogP contribution is -2.30. The summed E-state index contributed by atoms with van der Waals surface area (Å²) in [6.45, 7) is 0.756. The first kappa shape index (κ1) is 18.2. The average Bonchev–Trinajstić information content (AvgIpc) is 3.45. The summed E-state index contributed by atoms with van der Waals surface area (Å²) in [5.74, 6) is 1.45. The van der Waals surface area contributed by atoms with Crippen molar-refractivity contribution in [3.05, 3.63) is 78.1 Å². The molecule has 1 aromatic heterocycles. The van der Waals surface area contributed by atoms with Crippen LogP contribution in [-0.2, 0) is 0 Å². The molecule has 1 fully saturated rings. The number of hydrogen-bond donors (Lipinski definition) is 0. The molecule has 0 radical (unpaired) electrons. The smallest absolute Gasteiger partial charge is 0.254 e. The summed E-state index contributed by atoms with van der Waals surface area (Å²) >= 11 is 0. The van der Waals surface area contributed by atoms with Gasteiger partial charge in [-0.2, -0.15) is 0 Å². The van der Waals surface area contributed by atoms with Crippen LogP contribution in [0.5, 0.6) is 11.5 Å². The SMILES string of the molecule is COc1ccc(C2CCCN2C(=O)c2cccc(-n3cccc3)c2)cc1OC. The summed E-state index contributed by atoms with van der Waals surface area (Å²) in [6.07, 6.45) is 5.89. The molecule has 1 aliphatic heterocycles. The summed E-state index contributed by atoms with van der Waals surface area (Å²) < 4.78 is 12.8. The van der Waals surface area contributed by atoms with E-state index < -0.39 is 0 Å². The van der Waals surface area contributed by atoms with Gasteiger partial charge in [-0.1, -0.05) is 12.1 Å². The first-order valence-electron chi connectivity index (χ1n) is 9.47. The van der Waals surface area contributed by atoms with E-state index in [9.17, 15) is 4.79 Å². The maximum atomic E-state index is 13.3. The zero-order chi connectivity index (χ0) is 19.5. The topological polar surface area (TPSA) is 43.7 Å². The van der Waals surface area contributed by atoms with Crippen molar-refractivity contribution in [3.8, 4) is 17.2 Å². The molecule has 1 aliphatic rings. The largest absolute Gasteiger partial charge is 0.493 e. The molecule has 1 atom stereocenters. The van der Waals surface area contributed by atoms with E-state index >= 15 is 0 Å². The molecule has 1 unspecified atom stereocenters. The molecular formula is C23H24N2O3. The summed E-state index contributed by atoms with van der Waals surface area (Å²) in [5.41, 5.74) is 2.77. The Labute approximate surface area is 165 Å². The van der Waals surface area contributed by atoms with Gasteiger partial charge in [0, 0.05) is 30.2 Å². The van der Waals surface area contributed by atoms with Crippen LogP contribution in [0.4, 0.5) is 0 Å². The molecular weight excluding hydrogens is 352 g/mol. The number of amides is 1. The van der Waals surface area contributed by atoms with Crippen molar-refractivity contribution in [3.63, 3.8) is 0 Å². The van der Waals surface area contributed by atoms with Gasteiger partial charge >= 0.3 is 0 Å². The molecule has 144 valence electrons. The second-order valence-corrected chi connectivity index (χ2v) is 6.91. The van der Waals surface area contributed by atoms with Gasteiger partial charge in [0.15, 0.2) is 11.5 Å². The minimum absolute atomic E-state index is 0.0440. The van der Waals surface area contributed by atoms with Gasteiger partial charge in [0.1, 0.15) is 0 Å². The normalized spacial score (nSPS) is 16.2. The third kappa shape index (κ3) is 3.36. The summed E-state index contributed by atoms with van der Waals surface area (Å²) in [6, 6.07) is 17.7. The van der Waals surface area contributed by atoms with Crippen molar-refractivity contribution >= 4 is 5.91 Å². The van der Waals surface area contributed by atoms with Crippen LogP contribution in [0.15, 0.2) is 67.0 Å². The third-order valence-electron chi connectivity index (χ3n) is 5.30.